The molecule has 8 heteroatoms. The first-order valence-corrected chi connectivity index (χ1v) is 11.3. The van der Waals surface area contributed by atoms with Crippen LogP contribution in [0.25, 0.3) is 0 Å². The number of piperidine rings is 1. The molecule has 0 spiro atoms. The van der Waals surface area contributed by atoms with Crippen LogP contribution >= 0.6 is 0 Å². The monoisotopic (exact) mass is 449 g/mol. The van der Waals surface area contributed by atoms with E-state index in [9.17, 15) is 9.50 Å². The zero-order chi connectivity index (χ0) is 22.8. The molecule has 2 aliphatic rings. The van der Waals surface area contributed by atoms with Gasteiger partial charge >= 0.3 is 0 Å². The first kappa shape index (κ1) is 21.6. The number of hydrogen-bond acceptors (Lipinski definition) is 7. The van der Waals surface area contributed by atoms with Crippen LogP contribution in [0.3, 0.4) is 0 Å². The van der Waals surface area contributed by atoms with E-state index in [4.69, 9.17) is 4.74 Å². The summed E-state index contributed by atoms with van der Waals surface area (Å²) in [6.07, 6.45) is 2.88. The minimum absolute atomic E-state index is 0.130. The van der Waals surface area contributed by atoms with Crippen LogP contribution in [-0.2, 0) is 13.0 Å². The Hall–Kier alpha value is -3.23. The van der Waals surface area contributed by atoms with E-state index in [0.717, 1.165) is 38.3 Å². The number of aliphatic hydroxyl groups excluding tert-OH is 1. The van der Waals surface area contributed by atoms with E-state index in [2.05, 4.69) is 49.4 Å². The van der Waals surface area contributed by atoms with E-state index in [1.165, 1.54) is 30.6 Å². The fraction of sp³-hybridized carbons (Fsp3) is 0.360. The molecule has 2 aliphatic heterocycles. The third-order valence-electron chi connectivity index (χ3n) is 6.59. The Morgan fingerprint density at radius 1 is 1.09 bits per heavy atom. The van der Waals surface area contributed by atoms with Crippen molar-refractivity contribution in [3.8, 4) is 5.75 Å². The molecule has 2 N–H and O–H groups in total. The standard InChI is InChI=1S/C25H28FN5O2/c1-33-25-19(26)7-4-8-20(25)29-23-13-24(28-16-27-23)31-12-10-21(22(32)15-31)30-11-9-17-5-2-3-6-18(17)14-30/h2-8,13,16,21-22,32H,9-12,14-15H2,1H3,(H,27,28,29). The van der Waals surface area contributed by atoms with Crippen molar-refractivity contribution in [3.05, 3.63) is 71.8 Å². The van der Waals surface area contributed by atoms with Crippen molar-refractivity contribution in [2.45, 2.75) is 31.5 Å². The maximum absolute atomic E-state index is 14.0. The molecular weight excluding hydrogens is 421 g/mol. The van der Waals surface area contributed by atoms with Crippen LogP contribution in [0.4, 0.5) is 21.7 Å². The maximum Gasteiger partial charge on any atom is 0.178 e. The molecule has 0 radical (unpaired) electrons. The Morgan fingerprint density at radius 2 is 1.94 bits per heavy atom. The first-order chi connectivity index (χ1) is 16.1. The highest BCUT2D eigenvalue weighted by atomic mass is 19.1. The largest absolute Gasteiger partial charge is 0.492 e. The summed E-state index contributed by atoms with van der Waals surface area (Å²) in [5.41, 5.74) is 3.26. The van der Waals surface area contributed by atoms with Gasteiger partial charge in [-0.25, -0.2) is 14.4 Å². The zero-order valence-corrected chi connectivity index (χ0v) is 18.6. The molecule has 2 atom stereocenters. The second-order valence-corrected chi connectivity index (χ2v) is 8.57. The molecule has 1 saturated heterocycles. The van der Waals surface area contributed by atoms with Crippen molar-refractivity contribution in [1.82, 2.24) is 14.9 Å². The first-order valence-electron chi connectivity index (χ1n) is 11.3. The Bertz CT molecular complexity index is 1130. The highest BCUT2D eigenvalue weighted by Crippen LogP contribution is 2.31. The lowest BCUT2D eigenvalue weighted by Gasteiger charge is -2.43. The Morgan fingerprint density at radius 3 is 2.76 bits per heavy atom. The van der Waals surface area contributed by atoms with Crippen molar-refractivity contribution < 1.29 is 14.2 Å². The van der Waals surface area contributed by atoms with Crippen LogP contribution in [0.2, 0.25) is 0 Å². The number of halogens is 1. The number of rotatable bonds is 5. The van der Waals surface area contributed by atoms with Gasteiger partial charge in [-0.2, -0.15) is 0 Å². The van der Waals surface area contributed by atoms with Crippen LogP contribution in [0, 0.1) is 5.82 Å². The predicted octanol–water partition coefficient (Wildman–Crippen LogP) is 3.37. The molecule has 3 aromatic rings. The molecule has 7 nitrogen and oxygen atoms in total. The number of ether oxygens (including phenoxy) is 1. The van der Waals surface area contributed by atoms with Crippen LogP contribution in [0.5, 0.6) is 5.75 Å². The van der Waals surface area contributed by atoms with Gasteiger partial charge in [-0.15, -0.1) is 0 Å². The summed E-state index contributed by atoms with van der Waals surface area (Å²) >= 11 is 0. The number of aromatic nitrogens is 2. The number of nitrogens with one attached hydrogen (secondary N) is 1. The number of nitrogens with zero attached hydrogens (tertiary/aromatic N) is 4. The lowest BCUT2D eigenvalue weighted by molar-refractivity contribution is 0.0293. The average Bonchev–Trinajstić information content (AvgIpc) is 2.84. The Balaban J connectivity index is 1.26. The SMILES string of the molecule is COc1c(F)cccc1Nc1cc(N2CCC(N3CCc4ccccc4C3)C(O)C2)ncn1. The van der Waals surface area contributed by atoms with Crippen molar-refractivity contribution in [1.29, 1.82) is 0 Å². The molecule has 3 heterocycles. The Kier molecular flexibility index (Phi) is 6.11. The topological polar surface area (TPSA) is 73.8 Å². The number of anilines is 3. The minimum Gasteiger partial charge on any atom is -0.492 e. The molecule has 0 bridgehead atoms. The molecular formula is C25H28FN5O2. The number of benzene rings is 2. The number of para-hydroxylation sites is 1. The van der Waals surface area contributed by atoms with Gasteiger partial charge in [-0.05, 0) is 36.1 Å². The van der Waals surface area contributed by atoms with E-state index in [1.807, 2.05) is 6.07 Å². The second-order valence-electron chi connectivity index (χ2n) is 8.57. The summed E-state index contributed by atoms with van der Waals surface area (Å²) in [7, 11) is 1.43. The molecule has 5 rings (SSSR count). The van der Waals surface area contributed by atoms with Gasteiger partial charge in [0, 0.05) is 38.3 Å². The van der Waals surface area contributed by atoms with Gasteiger partial charge in [0.25, 0.3) is 0 Å². The zero-order valence-electron chi connectivity index (χ0n) is 18.6. The predicted molar refractivity (Wildman–Crippen MR) is 125 cm³/mol. The average molecular weight is 450 g/mol. The van der Waals surface area contributed by atoms with Gasteiger partial charge in [0.2, 0.25) is 0 Å². The fourth-order valence-corrected chi connectivity index (χ4v) is 4.89. The van der Waals surface area contributed by atoms with Crippen molar-refractivity contribution in [2.75, 3.05) is 37.0 Å². The molecule has 1 fully saturated rings. The quantitative estimate of drug-likeness (QED) is 0.619. The molecule has 1 aromatic heterocycles. The number of methoxy groups -OCH3 is 1. The molecule has 0 aliphatic carbocycles. The fourth-order valence-electron chi connectivity index (χ4n) is 4.89. The summed E-state index contributed by atoms with van der Waals surface area (Å²) in [4.78, 5) is 13.2. The summed E-state index contributed by atoms with van der Waals surface area (Å²) in [5.74, 6) is 0.955. The lowest BCUT2D eigenvalue weighted by Crippen LogP contribution is -2.55. The maximum atomic E-state index is 14.0. The summed E-state index contributed by atoms with van der Waals surface area (Å²) in [6.45, 7) is 3.15. The summed E-state index contributed by atoms with van der Waals surface area (Å²) < 4.78 is 19.2. The number of hydrogen-bond donors (Lipinski definition) is 2. The van der Waals surface area contributed by atoms with E-state index in [0.29, 0.717) is 18.1 Å². The van der Waals surface area contributed by atoms with Gasteiger partial charge in [0.1, 0.15) is 18.0 Å². The van der Waals surface area contributed by atoms with E-state index in [-0.39, 0.29) is 11.8 Å². The smallest absolute Gasteiger partial charge is 0.178 e. The minimum atomic E-state index is -0.473. The van der Waals surface area contributed by atoms with Crippen LogP contribution in [0.15, 0.2) is 54.9 Å². The van der Waals surface area contributed by atoms with Gasteiger partial charge < -0.3 is 20.1 Å². The molecule has 0 saturated carbocycles. The third kappa shape index (κ3) is 4.49. The van der Waals surface area contributed by atoms with E-state index >= 15 is 0 Å². The van der Waals surface area contributed by atoms with Crippen molar-refractivity contribution >= 4 is 17.3 Å². The van der Waals surface area contributed by atoms with Crippen LogP contribution in [-0.4, -0.2) is 58.9 Å². The third-order valence-corrected chi connectivity index (χ3v) is 6.59. The second kappa shape index (κ2) is 9.33. The van der Waals surface area contributed by atoms with Crippen molar-refractivity contribution in [2.24, 2.45) is 0 Å². The van der Waals surface area contributed by atoms with E-state index < -0.39 is 11.9 Å². The lowest BCUT2D eigenvalue weighted by atomic mass is 9.94. The highest BCUT2D eigenvalue weighted by molar-refractivity contribution is 5.66. The van der Waals surface area contributed by atoms with Gasteiger partial charge in [-0.3, -0.25) is 4.90 Å². The van der Waals surface area contributed by atoms with Crippen molar-refractivity contribution in [3.63, 3.8) is 0 Å². The van der Waals surface area contributed by atoms with Gasteiger partial charge in [0.15, 0.2) is 11.6 Å². The van der Waals surface area contributed by atoms with Gasteiger partial charge in [-0.1, -0.05) is 30.3 Å². The van der Waals surface area contributed by atoms with E-state index in [1.54, 1.807) is 12.1 Å². The number of fused-ring (bicyclic) bond motifs is 1. The summed E-state index contributed by atoms with van der Waals surface area (Å²) in [5, 5.41) is 14.1. The van der Waals surface area contributed by atoms with Crippen LogP contribution in [0.1, 0.15) is 17.5 Å². The van der Waals surface area contributed by atoms with Gasteiger partial charge in [0.05, 0.1) is 18.9 Å². The molecule has 33 heavy (non-hydrogen) atoms. The Labute approximate surface area is 192 Å². The molecule has 2 aromatic carbocycles. The summed E-state index contributed by atoms with van der Waals surface area (Å²) in [6, 6.07) is 15.2. The molecule has 172 valence electrons. The molecule has 2 unspecified atom stereocenters. The molecule has 0 amide bonds. The normalized spacial score (nSPS) is 20.9. The number of β-amino-alcohol motifs (C(OH)–C–C–N with tert-alkyl or cyclic N) is 1. The number of aliphatic hydroxyl groups is 1. The highest BCUT2D eigenvalue weighted by Gasteiger charge is 2.34. The van der Waals surface area contributed by atoms with Crippen LogP contribution < -0.4 is 15.0 Å².